The van der Waals surface area contributed by atoms with Gasteiger partial charge in [0.1, 0.15) is 11.3 Å². The molecule has 2 aromatic carbocycles. The first kappa shape index (κ1) is 12.5. The van der Waals surface area contributed by atoms with Crippen molar-refractivity contribution < 1.29 is 8.81 Å². The van der Waals surface area contributed by atoms with E-state index in [1.807, 2.05) is 6.92 Å². The van der Waals surface area contributed by atoms with E-state index >= 15 is 0 Å². The van der Waals surface area contributed by atoms with Gasteiger partial charge in [0.2, 0.25) is 0 Å². The van der Waals surface area contributed by atoms with Crippen molar-refractivity contribution in [2.24, 2.45) is 0 Å². The van der Waals surface area contributed by atoms with Crippen LogP contribution in [0, 0.1) is 5.82 Å². The number of para-hydroxylation sites is 1. The first-order valence-corrected chi connectivity index (χ1v) is 6.31. The largest absolute Gasteiger partial charge is 0.423 e. The van der Waals surface area contributed by atoms with E-state index in [-0.39, 0.29) is 11.9 Å². The maximum Gasteiger partial charge on any atom is 0.296 e. The Morgan fingerprint density at radius 1 is 1.20 bits per heavy atom. The molecule has 0 spiro atoms. The Morgan fingerprint density at radius 2 is 2.00 bits per heavy atom. The van der Waals surface area contributed by atoms with E-state index in [0.717, 1.165) is 0 Å². The molecule has 0 fully saturated rings. The fourth-order valence-electron chi connectivity index (χ4n) is 2.12. The predicted octanol–water partition coefficient (Wildman–Crippen LogP) is 3.72. The molecule has 1 atom stereocenters. The van der Waals surface area contributed by atoms with Crippen molar-refractivity contribution in [2.45, 2.75) is 13.0 Å². The second kappa shape index (κ2) is 4.85. The Kier molecular flexibility index (Phi) is 3.02. The minimum Gasteiger partial charge on any atom is -0.423 e. The van der Waals surface area contributed by atoms with E-state index in [1.54, 1.807) is 36.4 Å². The molecule has 5 heteroatoms. The lowest BCUT2D eigenvalue weighted by Crippen LogP contribution is -2.08. The number of nitrogens with one attached hydrogen (secondary N) is 1. The van der Waals surface area contributed by atoms with Gasteiger partial charge in [-0.25, -0.2) is 4.39 Å². The third-order valence-corrected chi connectivity index (χ3v) is 3.16. The van der Waals surface area contributed by atoms with Crippen LogP contribution >= 0.6 is 0 Å². The summed E-state index contributed by atoms with van der Waals surface area (Å²) in [5, 5.41) is 3.04. The number of anilines is 2. The zero-order chi connectivity index (χ0) is 14.1. The van der Waals surface area contributed by atoms with Gasteiger partial charge in [0, 0.05) is 5.56 Å². The smallest absolute Gasteiger partial charge is 0.296 e. The highest BCUT2D eigenvalue weighted by Gasteiger charge is 2.14. The summed E-state index contributed by atoms with van der Waals surface area (Å²) in [6.45, 7) is 1.84. The number of benzene rings is 2. The number of fused-ring (bicyclic) bond motifs is 1. The van der Waals surface area contributed by atoms with Gasteiger partial charge in [0.05, 0.1) is 11.7 Å². The topological polar surface area (TPSA) is 64.1 Å². The zero-order valence-corrected chi connectivity index (χ0v) is 10.9. The Balaban J connectivity index is 1.90. The van der Waals surface area contributed by atoms with Crippen LogP contribution in [0.25, 0.3) is 11.1 Å². The molecule has 3 rings (SSSR count). The van der Waals surface area contributed by atoms with Crippen LogP contribution in [0.4, 0.5) is 16.1 Å². The van der Waals surface area contributed by atoms with Gasteiger partial charge in [0.25, 0.3) is 6.01 Å². The summed E-state index contributed by atoms with van der Waals surface area (Å²) in [6.07, 6.45) is 0. The molecule has 1 heterocycles. The molecule has 0 aliphatic rings. The van der Waals surface area contributed by atoms with Crippen LogP contribution in [0.1, 0.15) is 18.5 Å². The predicted molar refractivity (Wildman–Crippen MR) is 76.9 cm³/mol. The van der Waals surface area contributed by atoms with Gasteiger partial charge in [-0.2, -0.15) is 4.98 Å². The molecule has 3 N–H and O–H groups in total. The minimum absolute atomic E-state index is 0.259. The number of nitrogen functional groups attached to an aromatic ring is 1. The van der Waals surface area contributed by atoms with Crippen molar-refractivity contribution in [2.75, 3.05) is 11.1 Å². The number of aromatic nitrogens is 1. The third kappa shape index (κ3) is 2.18. The van der Waals surface area contributed by atoms with Crippen LogP contribution in [0.2, 0.25) is 0 Å². The summed E-state index contributed by atoms with van der Waals surface area (Å²) in [5.41, 5.74) is 8.15. The van der Waals surface area contributed by atoms with Crippen molar-refractivity contribution in [3.63, 3.8) is 0 Å². The fourth-order valence-corrected chi connectivity index (χ4v) is 2.12. The molecular formula is C15H14FN3O. The van der Waals surface area contributed by atoms with E-state index in [9.17, 15) is 4.39 Å². The highest BCUT2D eigenvalue weighted by molar-refractivity contribution is 5.86. The van der Waals surface area contributed by atoms with Gasteiger partial charge in [-0.3, -0.25) is 0 Å². The Hall–Kier alpha value is -2.56. The molecule has 0 bridgehead atoms. The summed E-state index contributed by atoms with van der Waals surface area (Å²) in [4.78, 5) is 4.28. The van der Waals surface area contributed by atoms with Crippen molar-refractivity contribution >= 4 is 22.8 Å². The molecule has 3 aromatic rings. The first-order valence-electron chi connectivity index (χ1n) is 6.31. The van der Waals surface area contributed by atoms with Gasteiger partial charge in [-0.15, -0.1) is 0 Å². The molecule has 0 saturated carbocycles. The van der Waals surface area contributed by atoms with Crippen LogP contribution in [-0.2, 0) is 0 Å². The standard InChI is InChI=1S/C15H14FN3O/c1-9(10-5-2-3-6-11(10)16)18-15-19-14-12(17)7-4-8-13(14)20-15/h2-9H,17H2,1H3,(H,18,19). The molecule has 0 saturated heterocycles. The molecule has 0 aliphatic carbocycles. The number of nitrogens with zero attached hydrogens (tertiary/aromatic N) is 1. The molecule has 1 unspecified atom stereocenters. The summed E-state index contributed by atoms with van der Waals surface area (Å²) < 4.78 is 19.3. The van der Waals surface area contributed by atoms with Gasteiger partial charge in [-0.1, -0.05) is 24.3 Å². The van der Waals surface area contributed by atoms with Gasteiger partial charge in [0.15, 0.2) is 5.58 Å². The maximum atomic E-state index is 13.7. The SMILES string of the molecule is CC(Nc1nc2c(N)cccc2o1)c1ccccc1F. The van der Waals surface area contributed by atoms with Crippen molar-refractivity contribution in [3.8, 4) is 0 Å². The fraction of sp³-hybridized carbons (Fsp3) is 0.133. The van der Waals surface area contributed by atoms with E-state index in [2.05, 4.69) is 10.3 Å². The van der Waals surface area contributed by atoms with Crippen molar-refractivity contribution in [1.29, 1.82) is 0 Å². The van der Waals surface area contributed by atoms with Crippen LogP contribution in [0.3, 0.4) is 0 Å². The van der Waals surface area contributed by atoms with Crippen molar-refractivity contribution in [1.82, 2.24) is 4.98 Å². The molecular weight excluding hydrogens is 257 g/mol. The number of hydrogen-bond acceptors (Lipinski definition) is 4. The molecule has 0 amide bonds. The number of rotatable bonds is 3. The van der Waals surface area contributed by atoms with Gasteiger partial charge in [-0.05, 0) is 25.1 Å². The van der Waals surface area contributed by atoms with Crippen molar-refractivity contribution in [3.05, 3.63) is 53.8 Å². The van der Waals surface area contributed by atoms with Crippen LogP contribution < -0.4 is 11.1 Å². The van der Waals surface area contributed by atoms with E-state index < -0.39 is 0 Å². The summed E-state index contributed by atoms with van der Waals surface area (Å²) in [7, 11) is 0. The van der Waals surface area contributed by atoms with E-state index in [1.165, 1.54) is 6.07 Å². The highest BCUT2D eigenvalue weighted by Crippen LogP contribution is 2.26. The Bertz CT molecular complexity index is 754. The second-order valence-corrected chi connectivity index (χ2v) is 4.60. The molecule has 4 nitrogen and oxygen atoms in total. The minimum atomic E-state index is -0.261. The number of hydrogen-bond donors (Lipinski definition) is 2. The number of nitrogens with two attached hydrogens (primary N) is 1. The van der Waals surface area contributed by atoms with E-state index in [0.29, 0.717) is 28.4 Å². The molecule has 1 aromatic heterocycles. The molecule has 0 radical (unpaired) electrons. The lowest BCUT2D eigenvalue weighted by molar-refractivity contribution is 0.580. The highest BCUT2D eigenvalue weighted by atomic mass is 19.1. The summed E-state index contributed by atoms with van der Waals surface area (Å²) in [5.74, 6) is -0.261. The Morgan fingerprint density at radius 3 is 2.75 bits per heavy atom. The van der Waals surface area contributed by atoms with Gasteiger partial charge >= 0.3 is 0 Å². The molecule has 102 valence electrons. The maximum absolute atomic E-state index is 13.7. The first-order chi connectivity index (χ1) is 9.65. The van der Waals surface area contributed by atoms with Crippen LogP contribution in [0.5, 0.6) is 0 Å². The lowest BCUT2D eigenvalue weighted by atomic mass is 10.1. The average Bonchev–Trinajstić information content (AvgIpc) is 2.83. The summed E-state index contributed by atoms with van der Waals surface area (Å²) >= 11 is 0. The van der Waals surface area contributed by atoms with Gasteiger partial charge < -0.3 is 15.5 Å². The average molecular weight is 271 g/mol. The number of oxazole rings is 1. The van der Waals surface area contributed by atoms with Crippen LogP contribution in [-0.4, -0.2) is 4.98 Å². The third-order valence-electron chi connectivity index (χ3n) is 3.16. The quantitative estimate of drug-likeness (QED) is 0.712. The Labute approximate surface area is 115 Å². The zero-order valence-electron chi connectivity index (χ0n) is 10.9. The normalized spacial score (nSPS) is 12.5. The second-order valence-electron chi connectivity index (χ2n) is 4.60. The monoisotopic (exact) mass is 271 g/mol. The molecule has 0 aliphatic heterocycles. The molecule has 20 heavy (non-hydrogen) atoms. The number of halogens is 1. The lowest BCUT2D eigenvalue weighted by Gasteiger charge is -2.12. The van der Waals surface area contributed by atoms with Crippen LogP contribution in [0.15, 0.2) is 46.9 Å². The summed E-state index contributed by atoms with van der Waals surface area (Å²) in [6, 6.07) is 12.0. The van der Waals surface area contributed by atoms with E-state index in [4.69, 9.17) is 10.2 Å².